The molecular formula is C17H16F4O2S. The van der Waals surface area contributed by atoms with Crippen molar-refractivity contribution in [3.05, 3.63) is 53.6 Å². The van der Waals surface area contributed by atoms with Crippen molar-refractivity contribution in [2.75, 3.05) is 12.9 Å². The van der Waals surface area contributed by atoms with Crippen LogP contribution in [0.4, 0.5) is 17.6 Å². The van der Waals surface area contributed by atoms with Crippen molar-refractivity contribution in [3.63, 3.8) is 0 Å². The Labute approximate surface area is 141 Å². The van der Waals surface area contributed by atoms with Gasteiger partial charge in [0, 0.05) is 4.90 Å². The summed E-state index contributed by atoms with van der Waals surface area (Å²) in [7, 11) is 1.12. The Hall–Kier alpha value is -1.89. The number of ether oxygens (including phenoxy) is 2. The van der Waals surface area contributed by atoms with Crippen LogP contribution < -0.4 is 9.47 Å². The second-order valence-electron chi connectivity index (χ2n) is 4.88. The van der Waals surface area contributed by atoms with Crippen LogP contribution in [0.15, 0.2) is 41.3 Å². The minimum absolute atomic E-state index is 0.142. The Balaban J connectivity index is 2.20. The van der Waals surface area contributed by atoms with E-state index in [2.05, 4.69) is 9.47 Å². The summed E-state index contributed by atoms with van der Waals surface area (Å²) in [6.45, 7) is 2.04. The number of methoxy groups -OCH3 is 1. The van der Waals surface area contributed by atoms with E-state index in [0.29, 0.717) is 0 Å². The SMILES string of the molecule is CCCSc1ccc(OC(F)(F)c2ccc(OC)c(F)c2F)cc1. The van der Waals surface area contributed by atoms with Gasteiger partial charge in [-0.25, -0.2) is 4.39 Å². The molecule has 24 heavy (non-hydrogen) atoms. The summed E-state index contributed by atoms with van der Waals surface area (Å²) < 4.78 is 64.9. The molecule has 2 nitrogen and oxygen atoms in total. The van der Waals surface area contributed by atoms with Crippen molar-refractivity contribution in [2.45, 2.75) is 24.3 Å². The van der Waals surface area contributed by atoms with E-state index in [4.69, 9.17) is 0 Å². The molecule has 0 unspecified atom stereocenters. The fourth-order valence-electron chi connectivity index (χ4n) is 1.94. The highest BCUT2D eigenvalue weighted by Crippen LogP contribution is 2.36. The second kappa shape index (κ2) is 7.79. The Morgan fingerprint density at radius 3 is 2.25 bits per heavy atom. The first-order valence-corrected chi connectivity index (χ1v) is 8.19. The zero-order valence-corrected chi connectivity index (χ0v) is 13.9. The average Bonchev–Trinajstić information content (AvgIpc) is 2.56. The van der Waals surface area contributed by atoms with Gasteiger partial charge in [-0.3, -0.25) is 0 Å². The molecule has 0 aliphatic carbocycles. The zero-order valence-electron chi connectivity index (χ0n) is 13.1. The van der Waals surface area contributed by atoms with Crippen LogP contribution in [0, 0.1) is 11.6 Å². The van der Waals surface area contributed by atoms with E-state index in [1.807, 2.05) is 6.92 Å². The lowest BCUT2D eigenvalue weighted by Gasteiger charge is -2.19. The fourth-order valence-corrected chi connectivity index (χ4v) is 2.71. The van der Waals surface area contributed by atoms with Gasteiger partial charge in [0.05, 0.1) is 7.11 Å². The third kappa shape index (κ3) is 4.14. The van der Waals surface area contributed by atoms with Crippen LogP contribution >= 0.6 is 11.8 Å². The third-order valence-electron chi connectivity index (χ3n) is 3.12. The van der Waals surface area contributed by atoms with Gasteiger partial charge in [-0.05, 0) is 48.6 Å². The molecule has 0 spiro atoms. The number of benzene rings is 2. The topological polar surface area (TPSA) is 18.5 Å². The number of rotatable bonds is 7. The molecule has 0 radical (unpaired) electrons. The highest BCUT2D eigenvalue weighted by Gasteiger charge is 2.39. The molecule has 2 aromatic rings. The van der Waals surface area contributed by atoms with E-state index in [9.17, 15) is 17.6 Å². The molecule has 0 saturated heterocycles. The average molecular weight is 360 g/mol. The van der Waals surface area contributed by atoms with Crippen molar-refractivity contribution in [2.24, 2.45) is 0 Å². The molecule has 0 N–H and O–H groups in total. The van der Waals surface area contributed by atoms with E-state index in [0.717, 1.165) is 36.3 Å². The summed E-state index contributed by atoms with van der Waals surface area (Å²) in [5.41, 5.74) is -1.19. The van der Waals surface area contributed by atoms with Gasteiger partial charge in [-0.2, -0.15) is 13.2 Å². The first-order chi connectivity index (χ1) is 11.4. The van der Waals surface area contributed by atoms with Crippen LogP contribution in [0.5, 0.6) is 11.5 Å². The Morgan fingerprint density at radius 1 is 1.00 bits per heavy atom. The number of hydrogen-bond acceptors (Lipinski definition) is 3. The molecule has 0 amide bonds. The quantitative estimate of drug-likeness (QED) is 0.473. The summed E-state index contributed by atoms with van der Waals surface area (Å²) in [6, 6.07) is 7.67. The fraction of sp³-hybridized carbons (Fsp3) is 0.294. The molecule has 0 aliphatic heterocycles. The maximum absolute atomic E-state index is 14.1. The van der Waals surface area contributed by atoms with Crippen LogP contribution in [0.25, 0.3) is 0 Å². The van der Waals surface area contributed by atoms with Crippen LogP contribution in [-0.2, 0) is 6.11 Å². The summed E-state index contributed by atoms with van der Waals surface area (Å²) >= 11 is 1.59. The molecule has 0 aromatic heterocycles. The maximum atomic E-state index is 14.1. The largest absolute Gasteiger partial charge is 0.494 e. The first-order valence-electron chi connectivity index (χ1n) is 7.21. The van der Waals surface area contributed by atoms with Gasteiger partial charge in [0.25, 0.3) is 0 Å². The molecule has 130 valence electrons. The van der Waals surface area contributed by atoms with Gasteiger partial charge in [-0.15, -0.1) is 11.8 Å². The number of halogens is 4. The second-order valence-corrected chi connectivity index (χ2v) is 6.05. The smallest absolute Gasteiger partial charge is 0.429 e. The minimum Gasteiger partial charge on any atom is -0.494 e. The molecule has 0 fully saturated rings. The molecule has 7 heteroatoms. The highest BCUT2D eigenvalue weighted by atomic mass is 32.2. The number of thioether (sulfide) groups is 1. The van der Waals surface area contributed by atoms with Gasteiger partial charge in [0.2, 0.25) is 5.82 Å². The van der Waals surface area contributed by atoms with E-state index in [-0.39, 0.29) is 5.75 Å². The van der Waals surface area contributed by atoms with Gasteiger partial charge in [-0.1, -0.05) is 6.92 Å². The van der Waals surface area contributed by atoms with Crippen molar-refractivity contribution < 1.29 is 27.0 Å². The molecule has 2 aromatic carbocycles. The van der Waals surface area contributed by atoms with Crippen LogP contribution in [0.3, 0.4) is 0 Å². The number of hydrogen-bond donors (Lipinski definition) is 0. The summed E-state index contributed by atoms with van der Waals surface area (Å²) in [5.74, 6) is -2.87. The predicted molar refractivity (Wildman–Crippen MR) is 84.9 cm³/mol. The third-order valence-corrected chi connectivity index (χ3v) is 4.34. The van der Waals surface area contributed by atoms with Gasteiger partial charge >= 0.3 is 6.11 Å². The van der Waals surface area contributed by atoms with Crippen LogP contribution in [-0.4, -0.2) is 12.9 Å². The Morgan fingerprint density at radius 2 is 1.67 bits per heavy atom. The Bertz CT molecular complexity index is 690. The Kier molecular flexibility index (Phi) is 5.99. The molecule has 0 atom stereocenters. The van der Waals surface area contributed by atoms with E-state index in [1.54, 1.807) is 23.9 Å². The molecule has 0 aliphatic rings. The van der Waals surface area contributed by atoms with E-state index < -0.39 is 29.1 Å². The molecule has 0 heterocycles. The normalized spacial score (nSPS) is 11.4. The summed E-state index contributed by atoms with van der Waals surface area (Å²) in [5, 5.41) is 0. The van der Waals surface area contributed by atoms with Crippen molar-refractivity contribution in [3.8, 4) is 11.5 Å². The summed E-state index contributed by atoms with van der Waals surface area (Å²) in [6.07, 6.45) is -3.03. The lowest BCUT2D eigenvalue weighted by Crippen LogP contribution is -2.24. The van der Waals surface area contributed by atoms with Crippen molar-refractivity contribution >= 4 is 11.8 Å². The monoisotopic (exact) mass is 360 g/mol. The minimum atomic E-state index is -4.02. The van der Waals surface area contributed by atoms with Gasteiger partial charge in [0.15, 0.2) is 11.6 Å². The lowest BCUT2D eigenvalue weighted by molar-refractivity contribution is -0.187. The zero-order chi connectivity index (χ0) is 17.7. The number of alkyl halides is 2. The van der Waals surface area contributed by atoms with Crippen LogP contribution in [0.2, 0.25) is 0 Å². The summed E-state index contributed by atoms with van der Waals surface area (Å²) in [4.78, 5) is 0.911. The predicted octanol–water partition coefficient (Wildman–Crippen LogP) is 5.60. The highest BCUT2D eigenvalue weighted by molar-refractivity contribution is 7.99. The molecule has 2 rings (SSSR count). The maximum Gasteiger partial charge on any atom is 0.429 e. The van der Waals surface area contributed by atoms with Gasteiger partial charge in [0.1, 0.15) is 11.3 Å². The van der Waals surface area contributed by atoms with Crippen molar-refractivity contribution in [1.82, 2.24) is 0 Å². The lowest BCUT2D eigenvalue weighted by atomic mass is 10.1. The van der Waals surface area contributed by atoms with E-state index >= 15 is 0 Å². The van der Waals surface area contributed by atoms with Crippen LogP contribution in [0.1, 0.15) is 18.9 Å². The van der Waals surface area contributed by atoms with E-state index in [1.165, 1.54) is 12.1 Å². The molecular weight excluding hydrogens is 344 g/mol. The van der Waals surface area contributed by atoms with Crippen molar-refractivity contribution in [1.29, 1.82) is 0 Å². The van der Waals surface area contributed by atoms with Gasteiger partial charge < -0.3 is 9.47 Å². The first kappa shape index (κ1) is 18.4. The molecule has 0 bridgehead atoms. The molecule has 0 saturated carbocycles. The standard InChI is InChI=1S/C17H16F4O2S/c1-3-10-24-12-6-4-11(5-7-12)23-17(20,21)13-8-9-14(22-2)16(19)15(13)18/h4-9H,3,10H2,1-2H3.